The zero-order valence-corrected chi connectivity index (χ0v) is 64.5. The number of fused-ring (bicyclic) bond motifs is 15. The van der Waals surface area contributed by atoms with E-state index in [1.54, 1.807) is 0 Å². The number of hydrogen-bond acceptors (Lipinski definition) is 3. The summed E-state index contributed by atoms with van der Waals surface area (Å²) in [5.74, 6) is 0. The quantitative estimate of drug-likeness (QED) is 0.150. The SMILES string of the molecule is CC1(C)CCCC2(C)c3cc(-c4ccc5c6c(-c7ccccc7)c7c8ccc(-c9ccc%10c(c9)C9(C)CCCC(C)(C)C9(C)N%10c9ccccc9)c9c(-c%10ccc%11c(c%10)C%10(C)CCCC(C)(C)C%10(C)N%11c%10ccccc%10)ccc(c7c(-c7ccccc7)c6c6cccc4c65)c98)ccc3N(c3ccccc3)C12C. The van der Waals surface area contributed by atoms with E-state index >= 15 is 0 Å². The fourth-order valence-electron chi connectivity index (χ4n) is 24.9. The summed E-state index contributed by atoms with van der Waals surface area (Å²) in [5.41, 5.74) is 24.4. The van der Waals surface area contributed by atoms with Crippen LogP contribution in [0.25, 0.3) is 120 Å². The summed E-state index contributed by atoms with van der Waals surface area (Å²) in [5, 5.41) is 15.9. The number of rotatable bonds is 8. The van der Waals surface area contributed by atoms with Crippen molar-refractivity contribution in [3.8, 4) is 55.6 Å². The van der Waals surface area contributed by atoms with Crippen LogP contribution in [0.1, 0.15) is 158 Å². The molecular formula is C104H97N3. The van der Waals surface area contributed by atoms with Gasteiger partial charge in [0.05, 0.1) is 16.6 Å². The smallest absolute Gasteiger partial charge is 0.0568 e. The van der Waals surface area contributed by atoms with E-state index in [-0.39, 0.29) is 49.1 Å². The van der Waals surface area contributed by atoms with Crippen molar-refractivity contribution in [3.05, 3.63) is 278 Å². The molecule has 6 unspecified atom stereocenters. The molecule has 0 aromatic heterocycles. The van der Waals surface area contributed by atoms with Crippen LogP contribution in [0.3, 0.4) is 0 Å². The average molecular weight is 1390 g/mol. The lowest BCUT2D eigenvalue weighted by Gasteiger charge is -2.59. The van der Waals surface area contributed by atoms with E-state index in [0.717, 1.165) is 19.3 Å². The topological polar surface area (TPSA) is 9.72 Å². The van der Waals surface area contributed by atoms with E-state index in [1.165, 1.54) is 210 Å². The van der Waals surface area contributed by atoms with Gasteiger partial charge in [-0.05, 0) is 285 Å². The summed E-state index contributed by atoms with van der Waals surface area (Å²) >= 11 is 0. The van der Waals surface area contributed by atoms with Gasteiger partial charge in [0.15, 0.2) is 0 Å². The van der Waals surface area contributed by atoms with Crippen LogP contribution in [-0.2, 0) is 16.2 Å². The molecule has 3 heterocycles. The molecule has 0 spiro atoms. The lowest BCUT2D eigenvalue weighted by Crippen LogP contribution is -2.64. The molecule has 6 aliphatic rings. The van der Waals surface area contributed by atoms with Gasteiger partial charge in [-0.2, -0.15) is 0 Å². The summed E-state index contributed by atoms with van der Waals surface area (Å²) in [6.45, 7) is 30.9. The summed E-state index contributed by atoms with van der Waals surface area (Å²) in [7, 11) is 0. The highest BCUT2D eigenvalue weighted by molar-refractivity contribution is 6.47. The molecule has 15 aromatic rings. The summed E-state index contributed by atoms with van der Waals surface area (Å²) in [6, 6.07) is 102. The number of para-hydroxylation sites is 3. The molecule has 3 saturated carbocycles. The van der Waals surface area contributed by atoms with E-state index in [4.69, 9.17) is 0 Å². The van der Waals surface area contributed by atoms with Crippen molar-refractivity contribution in [1.82, 2.24) is 0 Å². The standard InChI is InChI=1S/C104H97N3/c1-96(2)56-29-59-99(7)81-62-67(44-53-84(81)105(102(96,99)10)70-36-22-15-23-37-70)73-47-50-78-89-76(73)42-28-43-77(89)92-87(65-32-18-13-19-33-65)94-79-51-48-74(68-45-54-85-82(63-68)100(8)60-30-57-97(3,4)103(100,11)106(85)71-38-24-16-25-39-71)90-75(49-52-80(91(79)90)95(94)88(93(78)92)66-34-20-14-21-35-66)69-46-55-86-83(64-69)101(9)61-31-58-98(5,6)104(101,12)107(86)72-40-26-17-27-41-72/h13-28,32-55,62-64H,29-31,56-61H2,1-12H3. The van der Waals surface area contributed by atoms with E-state index < -0.39 is 0 Å². The van der Waals surface area contributed by atoms with Gasteiger partial charge in [0, 0.05) is 50.4 Å². The van der Waals surface area contributed by atoms with Crippen molar-refractivity contribution in [3.63, 3.8) is 0 Å². The largest absolute Gasteiger partial charge is 0.334 e. The van der Waals surface area contributed by atoms with Gasteiger partial charge in [0.1, 0.15) is 0 Å². The maximum atomic E-state index is 2.76. The molecule has 3 nitrogen and oxygen atoms in total. The lowest BCUT2D eigenvalue weighted by atomic mass is 9.51. The predicted molar refractivity (Wildman–Crippen MR) is 457 cm³/mol. The Morgan fingerprint density at radius 1 is 0.224 bits per heavy atom. The minimum absolute atomic E-state index is 0.0311. The minimum Gasteiger partial charge on any atom is -0.334 e. The normalized spacial score (nSPS) is 25.3. The summed E-state index contributed by atoms with van der Waals surface area (Å²) in [6.07, 6.45) is 10.6. The molecule has 21 rings (SSSR count). The second kappa shape index (κ2) is 22.0. The third-order valence-electron chi connectivity index (χ3n) is 31.3. The van der Waals surface area contributed by atoms with Crippen molar-refractivity contribution < 1.29 is 0 Å². The van der Waals surface area contributed by atoms with Crippen molar-refractivity contribution in [2.75, 3.05) is 14.7 Å². The zero-order valence-electron chi connectivity index (χ0n) is 64.5. The van der Waals surface area contributed by atoms with Gasteiger partial charge in [-0.3, -0.25) is 0 Å². The van der Waals surface area contributed by atoms with Gasteiger partial charge >= 0.3 is 0 Å². The van der Waals surface area contributed by atoms with Gasteiger partial charge in [-0.25, -0.2) is 0 Å². The van der Waals surface area contributed by atoms with Crippen molar-refractivity contribution in [2.45, 2.75) is 174 Å². The van der Waals surface area contributed by atoms with Crippen LogP contribution in [0.15, 0.2) is 261 Å². The van der Waals surface area contributed by atoms with E-state index in [2.05, 4.69) is 359 Å². The number of hydrogen-bond donors (Lipinski definition) is 0. The second-order valence-electron chi connectivity index (χ2n) is 36.6. The van der Waals surface area contributed by atoms with Gasteiger partial charge in [0.2, 0.25) is 0 Å². The third kappa shape index (κ3) is 8.04. The van der Waals surface area contributed by atoms with Crippen LogP contribution in [0, 0.1) is 16.2 Å². The van der Waals surface area contributed by atoms with Crippen molar-refractivity contribution >= 4 is 98.8 Å². The maximum absolute atomic E-state index is 2.76. The van der Waals surface area contributed by atoms with Crippen LogP contribution < -0.4 is 14.7 Å². The first-order valence-electron chi connectivity index (χ1n) is 40.1. The molecule has 3 aliphatic heterocycles. The van der Waals surface area contributed by atoms with E-state index in [0.29, 0.717) is 0 Å². The van der Waals surface area contributed by atoms with Gasteiger partial charge in [-0.15, -0.1) is 0 Å². The Balaban J connectivity index is 0.856. The molecule has 3 aliphatic carbocycles. The summed E-state index contributed by atoms with van der Waals surface area (Å²) < 4.78 is 0. The number of nitrogens with zero attached hydrogens (tertiary/aromatic N) is 3. The van der Waals surface area contributed by atoms with Crippen LogP contribution in [-0.4, -0.2) is 16.6 Å². The molecule has 0 N–H and O–H groups in total. The number of benzene rings is 13. The Bertz CT molecular complexity index is 5920. The summed E-state index contributed by atoms with van der Waals surface area (Å²) in [4.78, 5) is 8.26. The van der Waals surface area contributed by atoms with Gasteiger partial charge in [0.25, 0.3) is 0 Å². The van der Waals surface area contributed by atoms with Gasteiger partial charge < -0.3 is 14.7 Å². The third-order valence-corrected chi connectivity index (χ3v) is 31.3. The lowest BCUT2D eigenvalue weighted by molar-refractivity contribution is 0.0484. The van der Waals surface area contributed by atoms with E-state index in [9.17, 15) is 0 Å². The first kappa shape index (κ1) is 65.1. The first-order valence-corrected chi connectivity index (χ1v) is 40.1. The molecule has 0 amide bonds. The second-order valence-corrected chi connectivity index (χ2v) is 36.6. The molecule has 107 heavy (non-hydrogen) atoms. The minimum atomic E-state index is -0.182. The molecule has 528 valence electrons. The van der Waals surface area contributed by atoms with Crippen LogP contribution in [0.5, 0.6) is 0 Å². The highest BCUT2D eigenvalue weighted by Crippen LogP contribution is 2.71. The molecule has 3 fully saturated rings. The number of anilines is 6. The highest BCUT2D eigenvalue weighted by atomic mass is 15.3. The van der Waals surface area contributed by atoms with Crippen LogP contribution in [0.4, 0.5) is 34.1 Å². The molecule has 0 saturated heterocycles. The molecule has 15 aromatic carbocycles. The monoisotopic (exact) mass is 1390 g/mol. The Hall–Kier alpha value is -10.2. The predicted octanol–water partition coefficient (Wildman–Crippen LogP) is 29.0. The Kier molecular flexibility index (Phi) is 13.4. The molecule has 3 heteroatoms. The first-order chi connectivity index (χ1) is 51.6. The molecule has 0 radical (unpaired) electrons. The fourth-order valence-corrected chi connectivity index (χ4v) is 24.9. The Labute approximate surface area is 632 Å². The van der Waals surface area contributed by atoms with Crippen molar-refractivity contribution in [2.24, 2.45) is 16.2 Å². The van der Waals surface area contributed by atoms with Crippen LogP contribution >= 0.6 is 0 Å². The average Bonchev–Trinajstić information content (AvgIpc) is 1.53. The zero-order chi connectivity index (χ0) is 72.9. The van der Waals surface area contributed by atoms with Gasteiger partial charge in [-0.1, -0.05) is 270 Å². The molecule has 0 bridgehead atoms. The van der Waals surface area contributed by atoms with E-state index in [1.807, 2.05) is 0 Å². The van der Waals surface area contributed by atoms with Crippen molar-refractivity contribution in [1.29, 1.82) is 0 Å². The Morgan fingerprint density at radius 2 is 0.523 bits per heavy atom. The highest BCUT2D eigenvalue weighted by Gasteiger charge is 2.68. The van der Waals surface area contributed by atoms with Crippen LogP contribution in [0.2, 0.25) is 0 Å². The Morgan fingerprint density at radius 3 is 0.879 bits per heavy atom. The maximum Gasteiger partial charge on any atom is 0.0568 e. The fraction of sp³-hybridized carbons (Fsp3) is 0.288. The molecular weight excluding hydrogens is 1290 g/mol. The molecule has 6 atom stereocenters.